The molecule has 0 radical (unpaired) electrons. The monoisotopic (exact) mass is 426 g/mol. The van der Waals surface area contributed by atoms with E-state index in [1.165, 1.54) is 29.9 Å². The van der Waals surface area contributed by atoms with Gasteiger partial charge in [-0.25, -0.2) is 0 Å². The summed E-state index contributed by atoms with van der Waals surface area (Å²) in [6.07, 6.45) is -3.18. The summed E-state index contributed by atoms with van der Waals surface area (Å²) in [5.74, 6) is -1.34. The molecule has 0 fully saturated rings. The van der Waals surface area contributed by atoms with E-state index in [1.807, 2.05) is 0 Å². The molecular formula is C17H14ClF3N6O2. The fraction of sp³-hybridized carbons (Fsp3) is 0.176. The number of carbonyl (C=O) groups is 2. The number of halogens is 4. The fourth-order valence-corrected chi connectivity index (χ4v) is 2.88. The molecule has 0 saturated carbocycles. The van der Waals surface area contributed by atoms with Crippen LogP contribution in [-0.2, 0) is 20.3 Å². The van der Waals surface area contributed by atoms with Crippen molar-refractivity contribution in [2.45, 2.75) is 6.18 Å². The van der Waals surface area contributed by atoms with Gasteiger partial charge >= 0.3 is 6.18 Å². The Morgan fingerprint density at radius 2 is 1.66 bits per heavy atom. The molecule has 152 valence electrons. The lowest BCUT2D eigenvalue weighted by Gasteiger charge is -2.09. The van der Waals surface area contributed by atoms with Crippen LogP contribution in [-0.4, -0.2) is 31.4 Å². The summed E-state index contributed by atoms with van der Waals surface area (Å²) in [4.78, 5) is 24.6. The smallest absolute Gasteiger partial charge is 0.321 e. The second-order valence-electron chi connectivity index (χ2n) is 6.00. The molecule has 0 spiro atoms. The van der Waals surface area contributed by atoms with E-state index in [0.29, 0.717) is 5.69 Å². The Kier molecular flexibility index (Phi) is 5.33. The van der Waals surface area contributed by atoms with Crippen molar-refractivity contribution >= 4 is 34.8 Å². The fourth-order valence-electron chi connectivity index (χ4n) is 2.52. The normalized spacial score (nSPS) is 11.4. The Bertz CT molecular complexity index is 1090. The second kappa shape index (κ2) is 7.59. The van der Waals surface area contributed by atoms with Crippen molar-refractivity contribution in [2.75, 3.05) is 10.6 Å². The molecule has 0 aliphatic heterocycles. The summed E-state index contributed by atoms with van der Waals surface area (Å²) in [5, 5.41) is 11.5. The zero-order valence-electron chi connectivity index (χ0n) is 15.1. The van der Waals surface area contributed by atoms with Crippen LogP contribution >= 0.6 is 11.6 Å². The van der Waals surface area contributed by atoms with Gasteiger partial charge in [-0.2, -0.15) is 23.4 Å². The maximum Gasteiger partial charge on any atom is 0.436 e. The van der Waals surface area contributed by atoms with Crippen molar-refractivity contribution in [1.82, 2.24) is 19.6 Å². The van der Waals surface area contributed by atoms with Gasteiger partial charge in [0.05, 0.1) is 0 Å². The maximum absolute atomic E-state index is 12.9. The minimum absolute atomic E-state index is 0.197. The molecule has 29 heavy (non-hydrogen) atoms. The number of nitrogens with zero attached hydrogens (tertiary/aromatic N) is 4. The van der Waals surface area contributed by atoms with E-state index in [-0.39, 0.29) is 11.4 Å². The van der Waals surface area contributed by atoms with Gasteiger partial charge in [-0.05, 0) is 24.3 Å². The Labute approximate surface area is 167 Å². The molecule has 3 rings (SSSR count). The third-order valence-electron chi connectivity index (χ3n) is 3.80. The van der Waals surface area contributed by atoms with Crippen molar-refractivity contribution in [1.29, 1.82) is 0 Å². The average molecular weight is 427 g/mol. The van der Waals surface area contributed by atoms with Crippen LogP contribution in [0.5, 0.6) is 0 Å². The van der Waals surface area contributed by atoms with Crippen molar-refractivity contribution in [3.8, 4) is 0 Å². The van der Waals surface area contributed by atoms with Gasteiger partial charge in [0.15, 0.2) is 11.4 Å². The standard InChI is InChI=1S/C17H14ClF3N6O2/c1-26-7-6-11(24-26)15(28)22-9-4-3-5-10(8-9)23-16(29)13-12(18)14(17(19,20)21)25-27(13)2/h3-8H,1-2H3,(H,22,28)(H,23,29). The summed E-state index contributed by atoms with van der Waals surface area (Å²) >= 11 is 5.72. The van der Waals surface area contributed by atoms with Crippen molar-refractivity contribution in [3.05, 3.63) is 58.6 Å². The van der Waals surface area contributed by atoms with E-state index >= 15 is 0 Å². The first-order chi connectivity index (χ1) is 13.6. The van der Waals surface area contributed by atoms with E-state index < -0.39 is 34.4 Å². The van der Waals surface area contributed by atoms with Gasteiger partial charge in [-0.15, -0.1) is 0 Å². The Hall–Kier alpha value is -3.34. The molecule has 2 N–H and O–H groups in total. The largest absolute Gasteiger partial charge is 0.436 e. The number of aryl methyl sites for hydroxylation is 2. The number of hydrogen-bond donors (Lipinski definition) is 2. The van der Waals surface area contributed by atoms with E-state index in [1.54, 1.807) is 25.4 Å². The van der Waals surface area contributed by atoms with Crippen LogP contribution in [0.25, 0.3) is 0 Å². The summed E-state index contributed by atoms with van der Waals surface area (Å²) in [6, 6.07) is 7.60. The quantitative estimate of drug-likeness (QED) is 0.669. The lowest BCUT2D eigenvalue weighted by Crippen LogP contribution is -2.17. The summed E-state index contributed by atoms with van der Waals surface area (Å²) < 4.78 is 41.0. The molecular weight excluding hydrogens is 413 g/mol. The molecule has 2 aromatic heterocycles. The van der Waals surface area contributed by atoms with E-state index in [2.05, 4.69) is 20.8 Å². The molecule has 0 unspecified atom stereocenters. The highest BCUT2D eigenvalue weighted by molar-refractivity contribution is 6.34. The van der Waals surface area contributed by atoms with Gasteiger partial charge in [-0.1, -0.05) is 17.7 Å². The van der Waals surface area contributed by atoms with E-state index in [9.17, 15) is 22.8 Å². The van der Waals surface area contributed by atoms with E-state index in [0.717, 1.165) is 4.68 Å². The molecule has 8 nitrogen and oxygen atoms in total. The molecule has 0 atom stereocenters. The number of anilines is 2. The number of hydrogen-bond acceptors (Lipinski definition) is 4. The lowest BCUT2D eigenvalue weighted by molar-refractivity contribution is -0.141. The Morgan fingerprint density at radius 3 is 2.17 bits per heavy atom. The van der Waals surface area contributed by atoms with Crippen molar-refractivity contribution in [3.63, 3.8) is 0 Å². The van der Waals surface area contributed by atoms with Crippen LogP contribution in [0.3, 0.4) is 0 Å². The topological polar surface area (TPSA) is 93.8 Å². The van der Waals surface area contributed by atoms with Crippen LogP contribution < -0.4 is 10.6 Å². The highest BCUT2D eigenvalue weighted by Gasteiger charge is 2.39. The minimum atomic E-state index is -4.79. The highest BCUT2D eigenvalue weighted by Crippen LogP contribution is 2.35. The van der Waals surface area contributed by atoms with Gasteiger partial charge in [0.1, 0.15) is 10.7 Å². The zero-order chi connectivity index (χ0) is 21.3. The van der Waals surface area contributed by atoms with E-state index in [4.69, 9.17) is 11.6 Å². The van der Waals surface area contributed by atoms with Crippen LogP contribution in [0, 0.1) is 0 Å². The van der Waals surface area contributed by atoms with Gasteiger partial charge in [0, 0.05) is 31.7 Å². The van der Waals surface area contributed by atoms with Crippen molar-refractivity contribution in [2.24, 2.45) is 14.1 Å². The van der Waals surface area contributed by atoms with Gasteiger partial charge in [-0.3, -0.25) is 19.0 Å². The predicted octanol–water partition coefficient (Wildman–Crippen LogP) is 3.33. The lowest BCUT2D eigenvalue weighted by atomic mass is 10.2. The summed E-state index contributed by atoms with van der Waals surface area (Å²) in [5.41, 5.74) is -1.00. The maximum atomic E-state index is 12.9. The Balaban J connectivity index is 1.78. The third-order valence-corrected chi connectivity index (χ3v) is 4.16. The highest BCUT2D eigenvalue weighted by atomic mass is 35.5. The number of carbonyl (C=O) groups excluding carboxylic acids is 2. The third kappa shape index (κ3) is 4.40. The predicted molar refractivity (Wildman–Crippen MR) is 98.8 cm³/mol. The van der Waals surface area contributed by atoms with Crippen LogP contribution in [0.4, 0.5) is 24.5 Å². The minimum Gasteiger partial charge on any atom is -0.321 e. The molecule has 0 aliphatic carbocycles. The molecule has 0 bridgehead atoms. The van der Waals surface area contributed by atoms with Crippen LogP contribution in [0.2, 0.25) is 5.02 Å². The number of nitrogens with one attached hydrogen (secondary N) is 2. The first-order valence-electron chi connectivity index (χ1n) is 8.08. The number of rotatable bonds is 4. The molecule has 3 aromatic rings. The number of amides is 2. The molecule has 2 heterocycles. The van der Waals surface area contributed by atoms with Crippen molar-refractivity contribution < 1.29 is 22.8 Å². The number of aromatic nitrogens is 4. The Morgan fingerprint density at radius 1 is 1.03 bits per heavy atom. The molecule has 2 amide bonds. The summed E-state index contributed by atoms with van der Waals surface area (Å²) in [6.45, 7) is 0. The molecule has 0 aliphatic rings. The van der Waals surface area contributed by atoms with Crippen LogP contribution in [0.15, 0.2) is 36.5 Å². The molecule has 1 aromatic carbocycles. The number of benzene rings is 1. The number of alkyl halides is 3. The second-order valence-corrected chi connectivity index (χ2v) is 6.37. The van der Waals surface area contributed by atoms with Gasteiger partial charge in [0.2, 0.25) is 0 Å². The first-order valence-corrected chi connectivity index (χ1v) is 8.46. The van der Waals surface area contributed by atoms with Crippen LogP contribution in [0.1, 0.15) is 26.7 Å². The van der Waals surface area contributed by atoms with Gasteiger partial charge < -0.3 is 10.6 Å². The van der Waals surface area contributed by atoms with Gasteiger partial charge in [0.25, 0.3) is 11.8 Å². The molecule has 0 saturated heterocycles. The zero-order valence-corrected chi connectivity index (χ0v) is 15.8. The summed E-state index contributed by atoms with van der Waals surface area (Å²) in [7, 11) is 2.85. The average Bonchev–Trinajstić information content (AvgIpc) is 3.18. The SMILES string of the molecule is Cn1ccc(C(=O)Nc2cccc(NC(=O)c3c(Cl)c(C(F)(F)F)nn3C)c2)n1. The first kappa shape index (κ1) is 20.4. The molecule has 12 heteroatoms.